The first-order valence-electron chi connectivity index (χ1n) is 8.53. The fourth-order valence-corrected chi connectivity index (χ4v) is 2.82. The van der Waals surface area contributed by atoms with Crippen LogP contribution < -0.4 is 0 Å². The first-order valence-corrected chi connectivity index (χ1v) is 8.53. The van der Waals surface area contributed by atoms with Crippen molar-refractivity contribution in [2.24, 2.45) is 0 Å². The third kappa shape index (κ3) is 5.54. The first kappa shape index (κ1) is 18.8. The topological polar surface area (TPSA) is 53.0 Å². The van der Waals surface area contributed by atoms with Crippen LogP contribution >= 0.6 is 0 Å². The van der Waals surface area contributed by atoms with E-state index in [-0.39, 0.29) is 17.6 Å². The molecular formula is C18H27FN2O3. The van der Waals surface area contributed by atoms with Crippen molar-refractivity contribution in [2.75, 3.05) is 39.3 Å². The van der Waals surface area contributed by atoms with Gasteiger partial charge >= 0.3 is 0 Å². The number of β-amino-alcohol motifs (C(OH)–C–C–N with tert-alkyl or cyclic N) is 1. The third-order valence-electron chi connectivity index (χ3n) is 4.07. The minimum Gasteiger partial charge on any atom is -0.389 e. The van der Waals surface area contributed by atoms with Gasteiger partial charge < -0.3 is 14.7 Å². The molecule has 0 aromatic heterocycles. The Morgan fingerprint density at radius 2 is 2.00 bits per heavy atom. The number of aliphatic hydroxyl groups is 1. The molecule has 1 saturated heterocycles. The highest BCUT2D eigenvalue weighted by molar-refractivity contribution is 5.94. The number of amides is 1. The average molecular weight is 338 g/mol. The summed E-state index contributed by atoms with van der Waals surface area (Å²) in [6, 6.07) is 6.08. The Bertz CT molecular complexity index is 539. The second-order valence-corrected chi connectivity index (χ2v) is 6.46. The summed E-state index contributed by atoms with van der Waals surface area (Å²) < 4.78 is 19.2. The molecular weight excluding hydrogens is 311 g/mol. The Hall–Kier alpha value is -1.50. The number of nitrogens with zero attached hydrogens (tertiary/aromatic N) is 2. The predicted octanol–water partition coefficient (Wildman–Crippen LogP) is 1.76. The monoisotopic (exact) mass is 338 g/mol. The molecule has 0 aliphatic carbocycles. The molecule has 1 atom stereocenters. The van der Waals surface area contributed by atoms with E-state index >= 15 is 0 Å². The van der Waals surface area contributed by atoms with E-state index in [0.29, 0.717) is 32.8 Å². The normalized spacial score (nSPS) is 17.8. The molecule has 1 aromatic rings. The van der Waals surface area contributed by atoms with Gasteiger partial charge in [0.15, 0.2) is 0 Å². The Labute approximate surface area is 143 Å². The molecule has 5 nitrogen and oxygen atoms in total. The number of carbonyl (C=O) groups excluding carboxylic acids is 1. The highest BCUT2D eigenvalue weighted by Gasteiger charge is 2.23. The van der Waals surface area contributed by atoms with Gasteiger partial charge in [0.25, 0.3) is 5.91 Å². The quantitative estimate of drug-likeness (QED) is 0.859. The molecule has 2 rings (SSSR count). The van der Waals surface area contributed by atoms with Gasteiger partial charge in [-0.15, -0.1) is 0 Å². The van der Waals surface area contributed by atoms with Crippen molar-refractivity contribution in [3.8, 4) is 0 Å². The van der Waals surface area contributed by atoms with Crippen molar-refractivity contribution >= 4 is 5.91 Å². The molecule has 1 heterocycles. The Kier molecular flexibility index (Phi) is 7.15. The summed E-state index contributed by atoms with van der Waals surface area (Å²) >= 11 is 0. The van der Waals surface area contributed by atoms with E-state index in [1.807, 2.05) is 13.8 Å². The molecule has 1 fully saturated rings. The van der Waals surface area contributed by atoms with E-state index in [1.54, 1.807) is 17.0 Å². The summed E-state index contributed by atoms with van der Waals surface area (Å²) in [6.07, 6.45) is 0.358. The smallest absolute Gasteiger partial charge is 0.256 e. The lowest BCUT2D eigenvalue weighted by Gasteiger charge is -2.24. The molecule has 1 unspecified atom stereocenters. The van der Waals surface area contributed by atoms with Crippen molar-refractivity contribution in [1.82, 2.24) is 9.80 Å². The lowest BCUT2D eigenvalue weighted by Crippen LogP contribution is -2.39. The second kappa shape index (κ2) is 9.11. The molecule has 0 spiro atoms. The molecule has 6 heteroatoms. The Morgan fingerprint density at radius 3 is 2.71 bits per heavy atom. The van der Waals surface area contributed by atoms with Crippen LogP contribution in [0.3, 0.4) is 0 Å². The Balaban J connectivity index is 1.86. The maximum absolute atomic E-state index is 13.8. The number of carbonyl (C=O) groups is 1. The lowest BCUT2D eigenvalue weighted by molar-refractivity contribution is -0.00794. The SMILES string of the molecule is CC(C)OCC(O)CN1CCCN(C(=O)c2ccccc2F)CC1. The van der Waals surface area contributed by atoms with E-state index in [2.05, 4.69) is 4.90 Å². The molecule has 1 N–H and O–H groups in total. The van der Waals surface area contributed by atoms with Gasteiger partial charge in [-0.2, -0.15) is 0 Å². The minimum atomic E-state index is -0.541. The van der Waals surface area contributed by atoms with E-state index in [0.717, 1.165) is 13.0 Å². The molecule has 134 valence electrons. The number of ether oxygens (including phenoxy) is 1. The number of hydrogen-bond donors (Lipinski definition) is 1. The van der Waals surface area contributed by atoms with E-state index < -0.39 is 11.9 Å². The number of aliphatic hydroxyl groups excluding tert-OH is 1. The van der Waals surface area contributed by atoms with Crippen LogP contribution in [0.1, 0.15) is 30.6 Å². The molecule has 24 heavy (non-hydrogen) atoms. The summed E-state index contributed by atoms with van der Waals surface area (Å²) in [7, 11) is 0. The van der Waals surface area contributed by atoms with E-state index in [4.69, 9.17) is 4.74 Å². The molecule has 0 bridgehead atoms. The number of halogens is 1. The summed E-state index contributed by atoms with van der Waals surface area (Å²) in [5, 5.41) is 10.0. The van der Waals surface area contributed by atoms with Crippen molar-refractivity contribution in [3.63, 3.8) is 0 Å². The van der Waals surface area contributed by atoms with Gasteiger partial charge in [0.1, 0.15) is 5.82 Å². The van der Waals surface area contributed by atoms with Crippen molar-refractivity contribution in [3.05, 3.63) is 35.6 Å². The van der Waals surface area contributed by atoms with Gasteiger partial charge in [0, 0.05) is 26.2 Å². The molecule has 1 aliphatic heterocycles. The van der Waals surface area contributed by atoms with Gasteiger partial charge in [-0.3, -0.25) is 9.69 Å². The lowest BCUT2D eigenvalue weighted by atomic mass is 10.2. The van der Waals surface area contributed by atoms with Crippen LogP contribution in [0.2, 0.25) is 0 Å². The summed E-state index contributed by atoms with van der Waals surface area (Å²) in [5.74, 6) is -0.747. The van der Waals surface area contributed by atoms with Crippen LogP contribution in [0.15, 0.2) is 24.3 Å². The maximum atomic E-state index is 13.8. The number of hydrogen-bond acceptors (Lipinski definition) is 4. The van der Waals surface area contributed by atoms with Gasteiger partial charge in [-0.05, 0) is 38.9 Å². The van der Waals surface area contributed by atoms with Crippen LogP contribution in [0.5, 0.6) is 0 Å². The zero-order chi connectivity index (χ0) is 17.5. The van der Waals surface area contributed by atoms with Crippen LogP contribution in [0.4, 0.5) is 4.39 Å². The van der Waals surface area contributed by atoms with Crippen molar-refractivity contribution < 1.29 is 19.0 Å². The third-order valence-corrected chi connectivity index (χ3v) is 4.07. The highest BCUT2D eigenvalue weighted by atomic mass is 19.1. The first-order chi connectivity index (χ1) is 11.5. The average Bonchev–Trinajstić information content (AvgIpc) is 2.78. The van der Waals surface area contributed by atoms with Crippen LogP contribution in [0, 0.1) is 5.82 Å². The largest absolute Gasteiger partial charge is 0.389 e. The van der Waals surface area contributed by atoms with Crippen molar-refractivity contribution in [2.45, 2.75) is 32.5 Å². The van der Waals surface area contributed by atoms with Gasteiger partial charge in [0.2, 0.25) is 0 Å². The molecule has 0 saturated carbocycles. The maximum Gasteiger partial charge on any atom is 0.256 e. The standard InChI is InChI=1S/C18H27FN2O3/c1-14(2)24-13-15(22)12-20-8-5-9-21(11-10-20)18(23)16-6-3-4-7-17(16)19/h3-4,6-7,14-15,22H,5,8-13H2,1-2H3. The van der Waals surface area contributed by atoms with Crippen LogP contribution in [0.25, 0.3) is 0 Å². The molecule has 1 amide bonds. The summed E-state index contributed by atoms with van der Waals surface area (Å²) in [4.78, 5) is 16.3. The highest BCUT2D eigenvalue weighted by Crippen LogP contribution is 2.13. The van der Waals surface area contributed by atoms with Crippen LogP contribution in [-0.4, -0.2) is 72.4 Å². The van der Waals surface area contributed by atoms with Gasteiger partial charge in [-0.25, -0.2) is 4.39 Å². The van der Waals surface area contributed by atoms with Gasteiger partial charge in [0.05, 0.1) is 24.4 Å². The summed E-state index contributed by atoms with van der Waals surface area (Å²) in [5.41, 5.74) is 0.122. The Morgan fingerprint density at radius 1 is 1.25 bits per heavy atom. The van der Waals surface area contributed by atoms with Gasteiger partial charge in [-0.1, -0.05) is 12.1 Å². The predicted molar refractivity (Wildman–Crippen MR) is 90.5 cm³/mol. The van der Waals surface area contributed by atoms with E-state index in [1.165, 1.54) is 12.1 Å². The zero-order valence-corrected chi connectivity index (χ0v) is 14.4. The molecule has 1 aromatic carbocycles. The minimum absolute atomic E-state index is 0.0951. The fourth-order valence-electron chi connectivity index (χ4n) is 2.82. The van der Waals surface area contributed by atoms with E-state index in [9.17, 15) is 14.3 Å². The number of benzene rings is 1. The second-order valence-electron chi connectivity index (χ2n) is 6.46. The number of rotatable bonds is 6. The van der Waals surface area contributed by atoms with Crippen LogP contribution in [-0.2, 0) is 4.74 Å². The fraction of sp³-hybridized carbons (Fsp3) is 0.611. The molecule has 1 aliphatic rings. The molecule has 0 radical (unpaired) electrons. The zero-order valence-electron chi connectivity index (χ0n) is 14.4. The van der Waals surface area contributed by atoms with Crippen molar-refractivity contribution in [1.29, 1.82) is 0 Å². The summed E-state index contributed by atoms with van der Waals surface area (Å²) in [6.45, 7) is 7.31.